The Labute approximate surface area is 153 Å². The minimum absolute atomic E-state index is 0.843. The van der Waals surface area contributed by atoms with Gasteiger partial charge in [0.25, 0.3) is 0 Å². The van der Waals surface area contributed by atoms with Gasteiger partial charge in [0, 0.05) is 11.1 Å². The lowest BCUT2D eigenvalue weighted by atomic mass is 10.1. The van der Waals surface area contributed by atoms with E-state index < -0.39 is 0 Å². The Morgan fingerprint density at radius 1 is 0.769 bits per heavy atom. The molecule has 0 radical (unpaired) electrons. The number of para-hydroxylation sites is 1. The molecule has 0 spiro atoms. The quantitative estimate of drug-likeness (QED) is 0.489. The first-order valence-electron chi connectivity index (χ1n) is 8.61. The van der Waals surface area contributed by atoms with Crippen LogP contribution in [-0.4, -0.2) is 16.9 Å². The van der Waals surface area contributed by atoms with Crippen LogP contribution < -0.4 is 4.74 Å². The van der Waals surface area contributed by atoms with Crippen LogP contribution in [0.25, 0.3) is 28.2 Å². The fraction of sp³-hybridized carbons (Fsp3) is 0.0870. The minimum Gasteiger partial charge on any atom is -0.497 e. The maximum atomic E-state index is 5.26. The van der Waals surface area contributed by atoms with Gasteiger partial charge in [-0.2, -0.15) is 5.10 Å². The van der Waals surface area contributed by atoms with E-state index in [1.165, 1.54) is 5.56 Å². The number of aryl methyl sites for hydroxylation is 1. The van der Waals surface area contributed by atoms with Crippen LogP contribution in [0.5, 0.6) is 5.75 Å². The maximum Gasteiger partial charge on any atom is 0.118 e. The van der Waals surface area contributed by atoms with E-state index in [4.69, 9.17) is 9.84 Å². The summed E-state index contributed by atoms with van der Waals surface area (Å²) in [6.45, 7) is 2.11. The molecule has 0 aliphatic heterocycles. The molecule has 4 rings (SSSR count). The number of hydrogen-bond donors (Lipinski definition) is 0. The molecule has 0 aliphatic carbocycles. The van der Waals surface area contributed by atoms with Crippen molar-refractivity contribution in [1.82, 2.24) is 9.78 Å². The molecular formula is C23H20N2O. The van der Waals surface area contributed by atoms with Gasteiger partial charge in [-0.15, -0.1) is 0 Å². The van der Waals surface area contributed by atoms with Crippen molar-refractivity contribution in [3.63, 3.8) is 0 Å². The van der Waals surface area contributed by atoms with E-state index in [1.54, 1.807) is 7.11 Å². The van der Waals surface area contributed by atoms with E-state index in [0.29, 0.717) is 0 Å². The second kappa shape index (κ2) is 6.89. The summed E-state index contributed by atoms with van der Waals surface area (Å²) in [4.78, 5) is 0. The molecule has 26 heavy (non-hydrogen) atoms. The lowest BCUT2D eigenvalue weighted by molar-refractivity contribution is 0.415. The molecule has 128 valence electrons. The highest BCUT2D eigenvalue weighted by Gasteiger charge is 2.13. The third-order valence-corrected chi connectivity index (χ3v) is 4.41. The molecular weight excluding hydrogens is 320 g/mol. The van der Waals surface area contributed by atoms with Crippen molar-refractivity contribution in [3.05, 3.63) is 90.5 Å². The van der Waals surface area contributed by atoms with Crippen molar-refractivity contribution in [2.75, 3.05) is 7.11 Å². The lowest BCUT2D eigenvalue weighted by Crippen LogP contribution is -1.99. The largest absolute Gasteiger partial charge is 0.497 e. The molecule has 0 bridgehead atoms. The first-order chi connectivity index (χ1) is 12.7. The number of rotatable bonds is 4. The summed E-state index contributed by atoms with van der Waals surface area (Å²) in [7, 11) is 1.68. The Morgan fingerprint density at radius 3 is 2.23 bits per heavy atom. The molecule has 1 aromatic heterocycles. The lowest BCUT2D eigenvalue weighted by Gasteiger charge is -2.08. The summed E-state index contributed by atoms with van der Waals surface area (Å²) >= 11 is 0. The molecule has 0 amide bonds. The van der Waals surface area contributed by atoms with Gasteiger partial charge in [-0.3, -0.25) is 0 Å². The number of aromatic nitrogens is 2. The van der Waals surface area contributed by atoms with Crippen LogP contribution in [-0.2, 0) is 0 Å². The Hall–Kier alpha value is -3.33. The second-order valence-corrected chi connectivity index (χ2v) is 6.26. The summed E-state index contributed by atoms with van der Waals surface area (Å²) in [6, 6.07) is 28.9. The highest BCUT2D eigenvalue weighted by Crippen LogP contribution is 2.30. The molecule has 3 heteroatoms. The van der Waals surface area contributed by atoms with Crippen LogP contribution in [0.4, 0.5) is 0 Å². The van der Waals surface area contributed by atoms with E-state index in [9.17, 15) is 0 Å². The number of hydrogen-bond acceptors (Lipinski definition) is 2. The van der Waals surface area contributed by atoms with Gasteiger partial charge in [-0.05, 0) is 55.5 Å². The third kappa shape index (κ3) is 3.11. The first-order valence-corrected chi connectivity index (χ1v) is 8.61. The van der Waals surface area contributed by atoms with Crippen LogP contribution in [0.3, 0.4) is 0 Å². The van der Waals surface area contributed by atoms with Gasteiger partial charge < -0.3 is 4.74 Å². The molecule has 0 aliphatic rings. The third-order valence-electron chi connectivity index (χ3n) is 4.41. The van der Waals surface area contributed by atoms with Crippen molar-refractivity contribution < 1.29 is 4.74 Å². The van der Waals surface area contributed by atoms with Gasteiger partial charge in [0.05, 0.1) is 24.2 Å². The molecule has 0 unspecified atom stereocenters. The van der Waals surface area contributed by atoms with E-state index in [-0.39, 0.29) is 0 Å². The molecule has 0 N–H and O–H groups in total. The summed E-state index contributed by atoms with van der Waals surface area (Å²) in [5.74, 6) is 0.843. The van der Waals surface area contributed by atoms with Gasteiger partial charge >= 0.3 is 0 Å². The second-order valence-electron chi connectivity index (χ2n) is 6.26. The van der Waals surface area contributed by atoms with Gasteiger partial charge in [0.15, 0.2) is 0 Å². The van der Waals surface area contributed by atoms with E-state index in [0.717, 1.165) is 34.0 Å². The Balaban J connectivity index is 1.87. The molecule has 0 saturated heterocycles. The summed E-state index contributed by atoms with van der Waals surface area (Å²) in [5.41, 5.74) is 6.51. The Morgan fingerprint density at radius 2 is 1.54 bits per heavy atom. The number of benzene rings is 3. The van der Waals surface area contributed by atoms with Gasteiger partial charge in [0.2, 0.25) is 0 Å². The average molecular weight is 340 g/mol. The molecule has 0 atom stereocenters. The maximum absolute atomic E-state index is 5.26. The van der Waals surface area contributed by atoms with E-state index in [2.05, 4.69) is 49.4 Å². The monoisotopic (exact) mass is 340 g/mol. The van der Waals surface area contributed by atoms with Crippen LogP contribution in [0, 0.1) is 6.92 Å². The number of ether oxygens (including phenoxy) is 1. The predicted molar refractivity (Wildman–Crippen MR) is 106 cm³/mol. The molecule has 3 aromatic carbocycles. The summed E-state index contributed by atoms with van der Waals surface area (Å²) < 4.78 is 7.27. The smallest absolute Gasteiger partial charge is 0.118 e. The number of nitrogens with zero attached hydrogens (tertiary/aromatic N) is 2. The van der Waals surface area contributed by atoms with E-state index >= 15 is 0 Å². The molecule has 1 heterocycles. The zero-order valence-corrected chi connectivity index (χ0v) is 14.9. The molecule has 0 saturated carbocycles. The molecule has 0 fully saturated rings. The normalized spacial score (nSPS) is 10.7. The molecule has 3 nitrogen and oxygen atoms in total. The summed E-state index contributed by atoms with van der Waals surface area (Å²) in [5, 5.41) is 4.89. The van der Waals surface area contributed by atoms with Crippen molar-refractivity contribution in [1.29, 1.82) is 0 Å². The van der Waals surface area contributed by atoms with Crippen LogP contribution in [0.1, 0.15) is 5.56 Å². The van der Waals surface area contributed by atoms with Gasteiger partial charge in [0.1, 0.15) is 5.75 Å². The molecule has 4 aromatic rings. The SMILES string of the molecule is COc1ccc(-c2cc(-c3cccc(C)c3)n(-c3ccccc3)n2)cc1. The van der Waals surface area contributed by atoms with Crippen LogP contribution in [0.2, 0.25) is 0 Å². The van der Waals surface area contributed by atoms with Crippen LogP contribution >= 0.6 is 0 Å². The fourth-order valence-corrected chi connectivity index (χ4v) is 3.06. The van der Waals surface area contributed by atoms with Crippen molar-refractivity contribution in [2.45, 2.75) is 6.92 Å². The minimum atomic E-state index is 0.843. The summed E-state index contributed by atoms with van der Waals surface area (Å²) in [6.07, 6.45) is 0. The van der Waals surface area contributed by atoms with Crippen molar-refractivity contribution in [2.24, 2.45) is 0 Å². The predicted octanol–water partition coefficient (Wildman–Crippen LogP) is 5.52. The van der Waals surface area contributed by atoms with Crippen molar-refractivity contribution in [3.8, 4) is 34.0 Å². The van der Waals surface area contributed by atoms with E-state index in [1.807, 2.05) is 47.1 Å². The Kier molecular flexibility index (Phi) is 4.28. The fourth-order valence-electron chi connectivity index (χ4n) is 3.06. The number of methoxy groups -OCH3 is 1. The first kappa shape index (κ1) is 16.2. The van der Waals surface area contributed by atoms with Gasteiger partial charge in [-0.1, -0.05) is 42.0 Å². The average Bonchev–Trinajstić information content (AvgIpc) is 3.14. The zero-order chi connectivity index (χ0) is 17.9. The highest BCUT2D eigenvalue weighted by molar-refractivity contribution is 5.71. The van der Waals surface area contributed by atoms with Gasteiger partial charge in [-0.25, -0.2) is 4.68 Å². The van der Waals surface area contributed by atoms with Crippen LogP contribution in [0.15, 0.2) is 84.9 Å². The topological polar surface area (TPSA) is 27.1 Å². The standard InChI is InChI=1S/C23H20N2O/c1-17-7-6-8-19(15-17)23-16-22(18-11-13-21(26-2)14-12-18)24-25(23)20-9-4-3-5-10-20/h3-16H,1-2H3. The highest BCUT2D eigenvalue weighted by atomic mass is 16.5. The Bertz CT molecular complexity index is 1020. The van der Waals surface area contributed by atoms with Crippen molar-refractivity contribution >= 4 is 0 Å². The zero-order valence-electron chi connectivity index (χ0n) is 14.9.